The van der Waals surface area contributed by atoms with Crippen molar-refractivity contribution in [2.75, 3.05) is 7.05 Å². The van der Waals surface area contributed by atoms with Crippen LogP contribution >= 0.6 is 11.6 Å². The second kappa shape index (κ2) is 5.34. The quantitative estimate of drug-likeness (QED) is 0.903. The van der Waals surface area contributed by atoms with Gasteiger partial charge in [0.1, 0.15) is 5.82 Å². The Kier molecular flexibility index (Phi) is 3.82. The molecule has 0 aliphatic carbocycles. The van der Waals surface area contributed by atoms with E-state index in [9.17, 15) is 0 Å². The maximum atomic E-state index is 6.17. The first-order chi connectivity index (χ1) is 8.22. The number of hydrogen-bond donors (Lipinski definition) is 1. The lowest BCUT2D eigenvalue weighted by Gasteiger charge is -2.16. The average Bonchev–Trinajstić information content (AvgIpc) is 2.75. The summed E-state index contributed by atoms with van der Waals surface area (Å²) in [7, 11) is 3.94. The van der Waals surface area contributed by atoms with Gasteiger partial charge in [0.25, 0.3) is 0 Å². The van der Waals surface area contributed by atoms with Gasteiger partial charge in [-0.25, -0.2) is 4.98 Å². The van der Waals surface area contributed by atoms with Crippen molar-refractivity contribution in [3.8, 4) is 0 Å². The van der Waals surface area contributed by atoms with Gasteiger partial charge in [0.05, 0.1) is 6.04 Å². The lowest BCUT2D eigenvalue weighted by atomic mass is 10.1. The number of nitrogens with one attached hydrogen (secondary N) is 1. The van der Waals surface area contributed by atoms with Crippen molar-refractivity contribution >= 4 is 11.6 Å². The SMILES string of the molecule is CNC(Cc1ccccc1Cl)c1nccn1C. The number of halogens is 1. The predicted octanol–water partition coefficient (Wildman–Crippen LogP) is 2.58. The van der Waals surface area contributed by atoms with Gasteiger partial charge in [0, 0.05) is 24.5 Å². The van der Waals surface area contributed by atoms with Crippen LogP contribution in [0.5, 0.6) is 0 Å². The minimum absolute atomic E-state index is 0.176. The zero-order chi connectivity index (χ0) is 12.3. The van der Waals surface area contributed by atoms with Crippen molar-refractivity contribution in [2.24, 2.45) is 7.05 Å². The van der Waals surface area contributed by atoms with Crippen molar-refractivity contribution < 1.29 is 0 Å². The minimum atomic E-state index is 0.176. The van der Waals surface area contributed by atoms with E-state index in [1.54, 1.807) is 0 Å². The van der Waals surface area contributed by atoms with Gasteiger partial charge in [-0.15, -0.1) is 0 Å². The van der Waals surface area contributed by atoms with Gasteiger partial charge >= 0.3 is 0 Å². The van der Waals surface area contributed by atoms with E-state index in [-0.39, 0.29) is 6.04 Å². The molecule has 4 heteroatoms. The molecular formula is C13H16ClN3. The van der Waals surface area contributed by atoms with Crippen molar-refractivity contribution in [3.63, 3.8) is 0 Å². The largest absolute Gasteiger partial charge is 0.337 e. The topological polar surface area (TPSA) is 29.9 Å². The molecule has 0 aliphatic heterocycles. The van der Waals surface area contributed by atoms with E-state index in [1.807, 2.05) is 49.3 Å². The van der Waals surface area contributed by atoms with Crippen LogP contribution in [-0.2, 0) is 13.5 Å². The lowest BCUT2D eigenvalue weighted by molar-refractivity contribution is 0.538. The van der Waals surface area contributed by atoms with Gasteiger partial charge in [0.2, 0.25) is 0 Å². The Balaban J connectivity index is 2.22. The van der Waals surface area contributed by atoms with E-state index in [2.05, 4.69) is 16.4 Å². The normalized spacial score (nSPS) is 12.6. The Morgan fingerprint density at radius 1 is 1.41 bits per heavy atom. The summed E-state index contributed by atoms with van der Waals surface area (Å²) in [5, 5.41) is 4.09. The Hall–Kier alpha value is -1.32. The molecule has 0 spiro atoms. The second-order valence-corrected chi connectivity index (χ2v) is 4.44. The molecule has 1 atom stereocenters. The fraction of sp³-hybridized carbons (Fsp3) is 0.308. The van der Waals surface area contributed by atoms with E-state index < -0.39 is 0 Å². The zero-order valence-corrected chi connectivity index (χ0v) is 10.8. The second-order valence-electron chi connectivity index (χ2n) is 4.03. The van der Waals surface area contributed by atoms with E-state index in [1.165, 1.54) is 0 Å². The molecule has 2 rings (SSSR count). The Labute approximate surface area is 106 Å². The molecule has 0 radical (unpaired) electrons. The molecule has 1 aromatic carbocycles. The fourth-order valence-electron chi connectivity index (χ4n) is 1.92. The van der Waals surface area contributed by atoms with Crippen molar-refractivity contribution in [2.45, 2.75) is 12.5 Å². The number of rotatable bonds is 4. The van der Waals surface area contributed by atoms with Gasteiger partial charge in [-0.3, -0.25) is 0 Å². The molecular weight excluding hydrogens is 234 g/mol. The summed E-state index contributed by atoms with van der Waals surface area (Å²) in [6, 6.07) is 8.10. The molecule has 1 aromatic heterocycles. The number of benzene rings is 1. The van der Waals surface area contributed by atoms with Crippen LogP contribution in [0.15, 0.2) is 36.7 Å². The standard InChI is InChI=1S/C13H16ClN3/c1-15-12(13-16-7-8-17(13)2)9-10-5-3-4-6-11(10)14/h3-8,12,15H,9H2,1-2H3. The number of hydrogen-bond acceptors (Lipinski definition) is 2. The number of aromatic nitrogens is 2. The van der Waals surface area contributed by atoms with Crippen molar-refractivity contribution in [3.05, 3.63) is 53.1 Å². The molecule has 90 valence electrons. The highest BCUT2D eigenvalue weighted by Gasteiger charge is 2.15. The van der Waals surface area contributed by atoms with Gasteiger partial charge < -0.3 is 9.88 Å². The van der Waals surface area contributed by atoms with Gasteiger partial charge in [-0.05, 0) is 25.1 Å². The molecule has 0 bridgehead atoms. The molecule has 0 saturated carbocycles. The molecule has 2 aromatic rings. The Morgan fingerprint density at radius 3 is 2.76 bits per heavy atom. The summed E-state index contributed by atoms with van der Waals surface area (Å²) >= 11 is 6.17. The first-order valence-electron chi connectivity index (χ1n) is 5.60. The third-order valence-corrected chi connectivity index (χ3v) is 3.27. The van der Waals surface area contributed by atoms with Gasteiger partial charge in [-0.1, -0.05) is 29.8 Å². The molecule has 17 heavy (non-hydrogen) atoms. The highest BCUT2D eigenvalue weighted by Crippen LogP contribution is 2.22. The molecule has 0 aliphatic rings. The van der Waals surface area contributed by atoms with Crippen LogP contribution in [0.25, 0.3) is 0 Å². The van der Waals surface area contributed by atoms with Crippen LogP contribution in [0, 0.1) is 0 Å². The smallest absolute Gasteiger partial charge is 0.125 e. The maximum absolute atomic E-state index is 6.17. The van der Waals surface area contributed by atoms with Crippen LogP contribution in [0.3, 0.4) is 0 Å². The highest BCUT2D eigenvalue weighted by atomic mass is 35.5. The van der Waals surface area contributed by atoms with E-state index in [4.69, 9.17) is 11.6 Å². The highest BCUT2D eigenvalue weighted by molar-refractivity contribution is 6.31. The van der Waals surface area contributed by atoms with Gasteiger partial charge in [-0.2, -0.15) is 0 Å². The molecule has 0 fully saturated rings. The van der Waals surface area contributed by atoms with Gasteiger partial charge in [0.15, 0.2) is 0 Å². The molecule has 0 amide bonds. The number of likely N-dealkylation sites (N-methyl/N-ethyl adjacent to an activating group) is 1. The minimum Gasteiger partial charge on any atom is -0.337 e. The van der Waals surface area contributed by atoms with Crippen LogP contribution in [-0.4, -0.2) is 16.6 Å². The maximum Gasteiger partial charge on any atom is 0.125 e. The number of imidazole rings is 1. The lowest BCUT2D eigenvalue weighted by Crippen LogP contribution is -2.22. The summed E-state index contributed by atoms with van der Waals surface area (Å²) in [6.45, 7) is 0. The summed E-state index contributed by atoms with van der Waals surface area (Å²) in [5.74, 6) is 1.02. The predicted molar refractivity (Wildman–Crippen MR) is 70.2 cm³/mol. The Bertz CT molecular complexity index is 493. The van der Waals surface area contributed by atoms with Crippen LogP contribution in [0.4, 0.5) is 0 Å². The van der Waals surface area contributed by atoms with E-state index in [0.717, 1.165) is 22.8 Å². The fourth-order valence-corrected chi connectivity index (χ4v) is 2.13. The summed E-state index contributed by atoms with van der Waals surface area (Å²) in [5.41, 5.74) is 1.14. The third kappa shape index (κ3) is 2.68. The molecule has 1 heterocycles. The molecule has 1 unspecified atom stereocenters. The van der Waals surface area contributed by atoms with Crippen LogP contribution in [0.2, 0.25) is 5.02 Å². The monoisotopic (exact) mass is 249 g/mol. The number of aryl methyl sites for hydroxylation is 1. The summed E-state index contributed by atoms with van der Waals surface area (Å²) in [6.07, 6.45) is 4.60. The summed E-state index contributed by atoms with van der Waals surface area (Å²) < 4.78 is 2.03. The average molecular weight is 250 g/mol. The number of nitrogens with zero attached hydrogens (tertiary/aromatic N) is 2. The third-order valence-electron chi connectivity index (χ3n) is 2.90. The van der Waals surface area contributed by atoms with Crippen molar-refractivity contribution in [1.29, 1.82) is 0 Å². The van der Waals surface area contributed by atoms with Crippen LogP contribution in [0.1, 0.15) is 17.4 Å². The zero-order valence-electron chi connectivity index (χ0n) is 10.0. The van der Waals surface area contributed by atoms with Crippen molar-refractivity contribution in [1.82, 2.24) is 14.9 Å². The van der Waals surface area contributed by atoms with E-state index >= 15 is 0 Å². The van der Waals surface area contributed by atoms with Crippen LogP contribution < -0.4 is 5.32 Å². The first-order valence-corrected chi connectivity index (χ1v) is 5.98. The van der Waals surface area contributed by atoms with E-state index in [0.29, 0.717) is 0 Å². The Morgan fingerprint density at radius 2 is 2.18 bits per heavy atom. The molecule has 0 saturated heterocycles. The molecule has 3 nitrogen and oxygen atoms in total. The first kappa shape index (κ1) is 12.1. The summed E-state index contributed by atoms with van der Waals surface area (Å²) in [4.78, 5) is 4.37. The molecule has 1 N–H and O–H groups in total.